The van der Waals surface area contributed by atoms with Gasteiger partial charge in [0.1, 0.15) is 5.76 Å². The Kier molecular flexibility index (Phi) is 7.37. The molecule has 0 radical (unpaired) electrons. The van der Waals surface area contributed by atoms with E-state index in [1.165, 1.54) is 18.4 Å². The van der Waals surface area contributed by atoms with Crippen LogP contribution in [0.15, 0.2) is 47.1 Å². The molecule has 0 bridgehead atoms. The van der Waals surface area contributed by atoms with Crippen molar-refractivity contribution in [3.63, 3.8) is 0 Å². The molecule has 1 aromatic heterocycles. The van der Waals surface area contributed by atoms with E-state index in [9.17, 15) is 9.59 Å². The number of carbonyl (C=O) groups is 2. The molecule has 1 aromatic carbocycles. The fraction of sp³-hybridized carbons (Fsp3) is 0.167. The van der Waals surface area contributed by atoms with Crippen molar-refractivity contribution in [2.24, 2.45) is 0 Å². The maximum atomic E-state index is 11.9. The van der Waals surface area contributed by atoms with E-state index in [-0.39, 0.29) is 11.0 Å². The van der Waals surface area contributed by atoms with E-state index in [2.05, 4.69) is 16.0 Å². The van der Waals surface area contributed by atoms with Crippen molar-refractivity contribution in [1.82, 2.24) is 5.32 Å². The molecule has 8 heteroatoms. The van der Waals surface area contributed by atoms with Gasteiger partial charge in [-0.3, -0.25) is 14.9 Å². The van der Waals surface area contributed by atoms with Gasteiger partial charge in [0.15, 0.2) is 5.11 Å². The number of halogens is 1. The van der Waals surface area contributed by atoms with E-state index in [1.807, 2.05) is 6.92 Å². The van der Waals surface area contributed by atoms with Gasteiger partial charge in [-0.25, -0.2) is 0 Å². The molecule has 0 atom stereocenters. The second kappa shape index (κ2) is 9.74. The Morgan fingerprint density at radius 3 is 2.77 bits per heavy atom. The normalized spacial score (nSPS) is 10.5. The lowest BCUT2D eigenvalue weighted by Crippen LogP contribution is -2.32. The molecular weight excluding hydrogens is 374 g/mol. The van der Waals surface area contributed by atoms with Gasteiger partial charge in [-0.15, -0.1) is 0 Å². The van der Waals surface area contributed by atoms with Gasteiger partial charge in [-0.1, -0.05) is 18.5 Å². The molecule has 0 saturated carbocycles. The standard InChI is InChI=1S/C18H18ClN3O3S/c1-2-4-16(23)20-12-6-8-14(19)15(11-12)21-18(26)22-17(24)9-7-13-5-3-10-25-13/h3,5-11H,2,4H2,1H3,(H,20,23)(H2,21,22,24,26)/b9-7+. The number of rotatable bonds is 6. The maximum absolute atomic E-state index is 11.9. The smallest absolute Gasteiger partial charge is 0.250 e. The Hall–Kier alpha value is -2.64. The summed E-state index contributed by atoms with van der Waals surface area (Å²) < 4.78 is 5.10. The summed E-state index contributed by atoms with van der Waals surface area (Å²) >= 11 is 11.2. The quantitative estimate of drug-likeness (QED) is 0.507. The second-order valence-corrected chi connectivity index (χ2v) is 6.10. The summed E-state index contributed by atoms with van der Waals surface area (Å²) in [5.41, 5.74) is 1.06. The first-order chi connectivity index (χ1) is 12.5. The number of hydrogen-bond acceptors (Lipinski definition) is 4. The summed E-state index contributed by atoms with van der Waals surface area (Å²) in [6.45, 7) is 1.93. The summed E-state index contributed by atoms with van der Waals surface area (Å²) in [5.74, 6) is 0.0553. The first kappa shape index (κ1) is 19.7. The lowest BCUT2D eigenvalue weighted by Gasteiger charge is -2.12. The average Bonchev–Trinajstić information content (AvgIpc) is 3.09. The number of amides is 2. The van der Waals surface area contributed by atoms with Crippen molar-refractivity contribution in [2.45, 2.75) is 19.8 Å². The van der Waals surface area contributed by atoms with Gasteiger partial charge in [0, 0.05) is 18.2 Å². The van der Waals surface area contributed by atoms with E-state index in [4.69, 9.17) is 28.2 Å². The van der Waals surface area contributed by atoms with Crippen LogP contribution in [-0.2, 0) is 9.59 Å². The van der Waals surface area contributed by atoms with Crippen LogP contribution in [0.1, 0.15) is 25.5 Å². The van der Waals surface area contributed by atoms with E-state index in [0.29, 0.717) is 28.6 Å². The lowest BCUT2D eigenvalue weighted by molar-refractivity contribution is -0.116. The highest BCUT2D eigenvalue weighted by atomic mass is 35.5. The van der Waals surface area contributed by atoms with Crippen LogP contribution in [0.2, 0.25) is 5.02 Å². The summed E-state index contributed by atoms with van der Waals surface area (Å²) in [6, 6.07) is 8.41. The van der Waals surface area contributed by atoms with Crippen molar-refractivity contribution in [3.05, 3.63) is 53.5 Å². The second-order valence-electron chi connectivity index (χ2n) is 5.28. The molecule has 3 N–H and O–H groups in total. The van der Waals surface area contributed by atoms with E-state index in [0.717, 1.165) is 6.42 Å². The zero-order valence-electron chi connectivity index (χ0n) is 14.0. The molecule has 0 saturated heterocycles. The van der Waals surface area contributed by atoms with E-state index >= 15 is 0 Å². The monoisotopic (exact) mass is 391 g/mol. The van der Waals surface area contributed by atoms with Gasteiger partial charge >= 0.3 is 0 Å². The van der Waals surface area contributed by atoms with E-state index < -0.39 is 5.91 Å². The van der Waals surface area contributed by atoms with Gasteiger partial charge in [0.05, 0.1) is 17.0 Å². The third-order valence-electron chi connectivity index (χ3n) is 3.15. The van der Waals surface area contributed by atoms with Crippen LogP contribution in [0.25, 0.3) is 6.08 Å². The number of nitrogens with one attached hydrogen (secondary N) is 3. The number of carbonyl (C=O) groups excluding carboxylic acids is 2. The molecule has 2 amide bonds. The molecule has 0 fully saturated rings. The fourth-order valence-corrected chi connectivity index (χ4v) is 2.38. The third-order valence-corrected chi connectivity index (χ3v) is 3.69. The van der Waals surface area contributed by atoms with Gasteiger partial charge in [-0.05, 0) is 55.0 Å². The molecular formula is C18H18ClN3O3S. The van der Waals surface area contributed by atoms with Crippen molar-refractivity contribution < 1.29 is 14.0 Å². The highest BCUT2D eigenvalue weighted by Gasteiger charge is 2.08. The molecule has 6 nitrogen and oxygen atoms in total. The highest BCUT2D eigenvalue weighted by Crippen LogP contribution is 2.25. The van der Waals surface area contributed by atoms with Crippen LogP contribution >= 0.6 is 23.8 Å². The van der Waals surface area contributed by atoms with Gasteiger partial charge in [0.25, 0.3) is 0 Å². The molecule has 136 valence electrons. The Bertz CT molecular complexity index is 819. The molecule has 0 unspecified atom stereocenters. The van der Waals surface area contributed by atoms with Crippen molar-refractivity contribution in [2.75, 3.05) is 10.6 Å². The van der Waals surface area contributed by atoms with E-state index in [1.54, 1.807) is 30.3 Å². The fourth-order valence-electron chi connectivity index (χ4n) is 2.00. The minimum Gasteiger partial charge on any atom is -0.465 e. The Morgan fingerprint density at radius 1 is 1.27 bits per heavy atom. The Balaban J connectivity index is 1.95. The number of anilines is 2. The number of thiocarbonyl (C=S) groups is 1. The molecule has 0 aliphatic rings. The van der Waals surface area contributed by atoms with Crippen LogP contribution in [0, 0.1) is 0 Å². The van der Waals surface area contributed by atoms with Crippen LogP contribution in [0.5, 0.6) is 0 Å². The highest BCUT2D eigenvalue weighted by molar-refractivity contribution is 7.80. The molecule has 1 heterocycles. The molecule has 2 rings (SSSR count). The van der Waals surface area contributed by atoms with Crippen molar-refractivity contribution in [1.29, 1.82) is 0 Å². The summed E-state index contributed by atoms with van der Waals surface area (Å²) in [5, 5.41) is 8.60. The largest absolute Gasteiger partial charge is 0.465 e. The van der Waals surface area contributed by atoms with Crippen molar-refractivity contribution >= 4 is 58.2 Å². The summed E-state index contributed by atoms with van der Waals surface area (Å²) in [7, 11) is 0. The van der Waals surface area contributed by atoms with Gasteiger partial charge < -0.3 is 15.1 Å². The predicted molar refractivity (Wildman–Crippen MR) is 107 cm³/mol. The first-order valence-corrected chi connectivity index (χ1v) is 8.69. The first-order valence-electron chi connectivity index (χ1n) is 7.91. The lowest BCUT2D eigenvalue weighted by atomic mass is 10.2. The topological polar surface area (TPSA) is 83.4 Å². The van der Waals surface area contributed by atoms with Crippen LogP contribution in [0.4, 0.5) is 11.4 Å². The minimum absolute atomic E-state index is 0.0815. The van der Waals surface area contributed by atoms with Crippen LogP contribution < -0.4 is 16.0 Å². The minimum atomic E-state index is -0.414. The molecule has 0 spiro atoms. The van der Waals surface area contributed by atoms with Crippen molar-refractivity contribution in [3.8, 4) is 0 Å². The average molecular weight is 392 g/mol. The van der Waals surface area contributed by atoms with Gasteiger partial charge in [-0.2, -0.15) is 0 Å². The van der Waals surface area contributed by atoms with Crippen LogP contribution in [0.3, 0.4) is 0 Å². The van der Waals surface area contributed by atoms with Gasteiger partial charge in [0.2, 0.25) is 11.8 Å². The molecule has 0 aliphatic carbocycles. The molecule has 26 heavy (non-hydrogen) atoms. The zero-order chi connectivity index (χ0) is 18.9. The SMILES string of the molecule is CCCC(=O)Nc1ccc(Cl)c(NC(=S)NC(=O)/C=C/c2ccco2)c1. The van der Waals surface area contributed by atoms with Crippen LogP contribution in [-0.4, -0.2) is 16.9 Å². The number of benzene rings is 1. The Morgan fingerprint density at radius 2 is 2.08 bits per heavy atom. The summed E-state index contributed by atoms with van der Waals surface area (Å²) in [4.78, 5) is 23.5. The molecule has 0 aliphatic heterocycles. The predicted octanol–water partition coefficient (Wildman–Crippen LogP) is 4.20. The zero-order valence-corrected chi connectivity index (χ0v) is 15.6. The maximum Gasteiger partial charge on any atom is 0.250 e. The number of hydrogen-bond donors (Lipinski definition) is 3. The molecule has 2 aromatic rings. The Labute approximate surface area is 161 Å². The summed E-state index contributed by atoms with van der Waals surface area (Å²) in [6.07, 6.45) is 5.52. The third kappa shape index (κ3) is 6.34. The number of furan rings is 1.